The fourth-order valence-electron chi connectivity index (χ4n) is 2.09. The molecule has 0 bridgehead atoms. The van der Waals surface area contributed by atoms with Crippen LogP contribution in [0.2, 0.25) is 10.0 Å². The van der Waals surface area contributed by atoms with Gasteiger partial charge in [-0.05, 0) is 31.2 Å². The minimum Gasteiger partial charge on any atom is -0.322 e. The lowest BCUT2D eigenvalue weighted by molar-refractivity contribution is -0.117. The first-order valence-corrected chi connectivity index (χ1v) is 7.78. The zero-order valence-corrected chi connectivity index (χ0v) is 13.9. The Balaban J connectivity index is 1.84. The average molecular weight is 337 g/mol. The fourth-order valence-corrected chi connectivity index (χ4v) is 2.58. The van der Waals surface area contributed by atoms with Crippen molar-refractivity contribution < 1.29 is 4.79 Å². The van der Waals surface area contributed by atoms with Crippen molar-refractivity contribution in [3.63, 3.8) is 0 Å². The molecule has 3 nitrogen and oxygen atoms in total. The normalized spacial score (nSPS) is 10.7. The minimum absolute atomic E-state index is 0.134. The summed E-state index contributed by atoms with van der Waals surface area (Å²) in [6, 6.07) is 15.3. The molecule has 0 unspecified atom stereocenters. The van der Waals surface area contributed by atoms with Gasteiger partial charge in [0.1, 0.15) is 0 Å². The molecule has 5 heteroatoms. The molecule has 0 fully saturated rings. The number of likely N-dealkylation sites (N-methyl/N-ethyl adjacent to an activating group) is 1. The van der Waals surface area contributed by atoms with E-state index in [9.17, 15) is 4.79 Å². The maximum absolute atomic E-state index is 12.1. The van der Waals surface area contributed by atoms with Gasteiger partial charge in [-0.3, -0.25) is 9.69 Å². The van der Waals surface area contributed by atoms with Gasteiger partial charge in [0.25, 0.3) is 0 Å². The summed E-state index contributed by atoms with van der Waals surface area (Å²) in [5.74, 6) is -0.134. The summed E-state index contributed by atoms with van der Waals surface area (Å²) in [5.41, 5.74) is 1.72. The third-order valence-corrected chi connectivity index (χ3v) is 3.90. The largest absolute Gasteiger partial charge is 0.322 e. The van der Waals surface area contributed by atoms with Crippen LogP contribution in [0.25, 0.3) is 0 Å². The highest BCUT2D eigenvalue weighted by Gasteiger charge is 2.11. The van der Waals surface area contributed by atoms with Crippen LogP contribution >= 0.6 is 23.2 Å². The highest BCUT2D eigenvalue weighted by atomic mass is 35.5. The monoisotopic (exact) mass is 336 g/mol. The highest BCUT2D eigenvalue weighted by Crippen LogP contribution is 2.29. The summed E-state index contributed by atoms with van der Waals surface area (Å²) >= 11 is 12.1. The molecule has 0 saturated heterocycles. The number of nitrogens with one attached hydrogen (secondary N) is 1. The van der Waals surface area contributed by atoms with E-state index in [1.807, 2.05) is 30.1 Å². The van der Waals surface area contributed by atoms with Crippen molar-refractivity contribution in [2.45, 2.75) is 6.42 Å². The van der Waals surface area contributed by atoms with Gasteiger partial charge in [0.05, 0.1) is 22.3 Å². The SMILES string of the molecule is CN(CCc1ccccc1)CC(=O)Nc1c(Cl)cccc1Cl. The first-order chi connectivity index (χ1) is 10.6. The van der Waals surface area contributed by atoms with Gasteiger partial charge in [0.2, 0.25) is 5.91 Å². The molecule has 0 atom stereocenters. The maximum atomic E-state index is 12.1. The molecule has 116 valence electrons. The van der Waals surface area contributed by atoms with E-state index in [-0.39, 0.29) is 12.5 Å². The van der Waals surface area contributed by atoms with Gasteiger partial charge in [-0.15, -0.1) is 0 Å². The van der Waals surface area contributed by atoms with Gasteiger partial charge in [0, 0.05) is 6.54 Å². The lowest BCUT2D eigenvalue weighted by atomic mass is 10.1. The molecule has 0 aromatic heterocycles. The fraction of sp³-hybridized carbons (Fsp3) is 0.235. The number of nitrogens with zero attached hydrogens (tertiary/aromatic N) is 1. The van der Waals surface area contributed by atoms with Crippen LogP contribution in [0.5, 0.6) is 0 Å². The molecule has 1 amide bonds. The minimum atomic E-state index is -0.134. The highest BCUT2D eigenvalue weighted by molar-refractivity contribution is 6.39. The molecule has 2 rings (SSSR count). The molecule has 22 heavy (non-hydrogen) atoms. The van der Waals surface area contributed by atoms with E-state index in [2.05, 4.69) is 17.4 Å². The van der Waals surface area contributed by atoms with Gasteiger partial charge in [-0.2, -0.15) is 0 Å². The Kier molecular flexibility index (Phi) is 6.25. The van der Waals surface area contributed by atoms with Crippen LogP contribution in [-0.4, -0.2) is 30.9 Å². The Labute approximate surface area is 140 Å². The molecule has 0 spiro atoms. The van der Waals surface area contributed by atoms with E-state index in [1.54, 1.807) is 18.2 Å². The zero-order chi connectivity index (χ0) is 15.9. The van der Waals surface area contributed by atoms with Crippen molar-refractivity contribution in [2.75, 3.05) is 25.5 Å². The van der Waals surface area contributed by atoms with E-state index in [0.717, 1.165) is 13.0 Å². The van der Waals surface area contributed by atoms with E-state index >= 15 is 0 Å². The van der Waals surface area contributed by atoms with Crippen LogP contribution in [0.1, 0.15) is 5.56 Å². The van der Waals surface area contributed by atoms with Crippen LogP contribution in [0.15, 0.2) is 48.5 Å². The number of amides is 1. The Morgan fingerprint density at radius 3 is 2.32 bits per heavy atom. The van der Waals surface area contributed by atoms with E-state index in [4.69, 9.17) is 23.2 Å². The van der Waals surface area contributed by atoms with Crippen LogP contribution < -0.4 is 5.32 Å². The van der Waals surface area contributed by atoms with Crippen LogP contribution in [0.3, 0.4) is 0 Å². The molecule has 0 radical (unpaired) electrons. The molecular weight excluding hydrogens is 319 g/mol. The molecule has 0 aliphatic rings. The smallest absolute Gasteiger partial charge is 0.238 e. The molecule has 2 aromatic rings. The molecule has 0 saturated carbocycles. The summed E-state index contributed by atoms with van der Waals surface area (Å²) < 4.78 is 0. The van der Waals surface area contributed by atoms with Crippen LogP contribution in [0, 0.1) is 0 Å². The molecule has 2 aromatic carbocycles. The molecular formula is C17H18Cl2N2O. The van der Waals surface area contributed by atoms with Crippen LogP contribution in [0.4, 0.5) is 5.69 Å². The van der Waals surface area contributed by atoms with E-state index < -0.39 is 0 Å². The Morgan fingerprint density at radius 2 is 1.68 bits per heavy atom. The van der Waals surface area contributed by atoms with Gasteiger partial charge < -0.3 is 5.32 Å². The third-order valence-electron chi connectivity index (χ3n) is 3.27. The number of benzene rings is 2. The summed E-state index contributed by atoms with van der Waals surface area (Å²) in [4.78, 5) is 14.0. The standard InChI is InChI=1S/C17H18Cl2N2O/c1-21(11-10-13-6-3-2-4-7-13)12-16(22)20-17-14(18)8-5-9-15(17)19/h2-9H,10-12H2,1H3,(H,20,22). The van der Waals surface area contributed by atoms with Gasteiger partial charge in [-0.25, -0.2) is 0 Å². The van der Waals surface area contributed by atoms with Gasteiger partial charge in [-0.1, -0.05) is 59.6 Å². The molecule has 0 aliphatic heterocycles. The van der Waals surface area contributed by atoms with Crippen molar-refractivity contribution in [3.8, 4) is 0 Å². The van der Waals surface area contributed by atoms with Crippen molar-refractivity contribution >= 4 is 34.8 Å². The summed E-state index contributed by atoms with van der Waals surface area (Å²) in [5, 5.41) is 3.64. The summed E-state index contributed by atoms with van der Waals surface area (Å²) in [6.45, 7) is 1.09. The molecule has 0 aliphatic carbocycles. The maximum Gasteiger partial charge on any atom is 0.238 e. The molecule has 0 heterocycles. The predicted octanol–water partition coefficient (Wildman–Crippen LogP) is 4.11. The van der Waals surface area contributed by atoms with Crippen molar-refractivity contribution in [3.05, 3.63) is 64.1 Å². The Bertz CT molecular complexity index is 612. The number of halogens is 2. The van der Waals surface area contributed by atoms with E-state index in [1.165, 1.54) is 5.56 Å². The topological polar surface area (TPSA) is 32.3 Å². The number of carbonyl (C=O) groups excluding carboxylic acids is 1. The zero-order valence-electron chi connectivity index (χ0n) is 12.4. The van der Waals surface area contributed by atoms with Crippen molar-refractivity contribution in [1.82, 2.24) is 4.90 Å². The van der Waals surface area contributed by atoms with Crippen molar-refractivity contribution in [2.24, 2.45) is 0 Å². The van der Waals surface area contributed by atoms with Gasteiger partial charge >= 0.3 is 0 Å². The Morgan fingerprint density at radius 1 is 1.05 bits per heavy atom. The van der Waals surface area contributed by atoms with Crippen LogP contribution in [-0.2, 0) is 11.2 Å². The number of hydrogen-bond donors (Lipinski definition) is 1. The number of anilines is 1. The number of rotatable bonds is 6. The lowest BCUT2D eigenvalue weighted by Gasteiger charge is -2.17. The predicted molar refractivity (Wildman–Crippen MR) is 92.7 cm³/mol. The third kappa shape index (κ3) is 5.02. The number of carbonyl (C=O) groups is 1. The second-order valence-electron chi connectivity index (χ2n) is 5.12. The summed E-state index contributed by atoms with van der Waals surface area (Å²) in [7, 11) is 1.91. The first kappa shape index (κ1) is 16.8. The second kappa shape index (κ2) is 8.18. The second-order valence-corrected chi connectivity index (χ2v) is 5.93. The lowest BCUT2D eigenvalue weighted by Crippen LogP contribution is -2.31. The average Bonchev–Trinajstić information content (AvgIpc) is 2.50. The van der Waals surface area contributed by atoms with Crippen molar-refractivity contribution in [1.29, 1.82) is 0 Å². The Hall–Kier alpha value is -1.55. The quantitative estimate of drug-likeness (QED) is 0.860. The summed E-state index contributed by atoms with van der Waals surface area (Å²) in [6.07, 6.45) is 0.900. The first-order valence-electron chi connectivity index (χ1n) is 7.02. The molecule has 1 N–H and O–H groups in total. The van der Waals surface area contributed by atoms with Gasteiger partial charge in [0.15, 0.2) is 0 Å². The number of para-hydroxylation sites is 1. The number of hydrogen-bond acceptors (Lipinski definition) is 2. The van der Waals surface area contributed by atoms with E-state index in [0.29, 0.717) is 15.7 Å².